The van der Waals surface area contributed by atoms with Crippen LogP contribution in [0.5, 0.6) is 11.5 Å². The molecule has 6 nitrogen and oxygen atoms in total. The van der Waals surface area contributed by atoms with Crippen molar-refractivity contribution in [2.24, 2.45) is 5.92 Å². The predicted molar refractivity (Wildman–Crippen MR) is 102 cm³/mol. The number of aliphatic hydroxyl groups excluding tert-OH is 1. The van der Waals surface area contributed by atoms with Gasteiger partial charge in [0.1, 0.15) is 24.2 Å². The second-order valence-corrected chi connectivity index (χ2v) is 7.56. The summed E-state index contributed by atoms with van der Waals surface area (Å²) in [5.41, 5.74) is 1.23. The SMILES string of the molecule is COc1ccc(OC[C@@H](O)CN2C[C@@H]3C[C@H](C2)c2cccc(=O)n2C3)cc1. The number of nitrogens with zero attached hydrogens (tertiary/aromatic N) is 2. The fourth-order valence-electron chi connectivity index (χ4n) is 4.36. The van der Waals surface area contributed by atoms with Crippen LogP contribution in [0.1, 0.15) is 18.0 Å². The summed E-state index contributed by atoms with van der Waals surface area (Å²) in [6, 6.07) is 12.9. The van der Waals surface area contributed by atoms with E-state index in [1.54, 1.807) is 13.2 Å². The van der Waals surface area contributed by atoms with Crippen LogP contribution in [-0.4, -0.2) is 54.0 Å². The number of ether oxygens (including phenoxy) is 2. The molecule has 2 aliphatic rings. The van der Waals surface area contributed by atoms with Gasteiger partial charge in [-0.3, -0.25) is 9.69 Å². The van der Waals surface area contributed by atoms with Gasteiger partial charge in [-0.15, -0.1) is 0 Å². The average Bonchev–Trinajstić information content (AvgIpc) is 2.67. The van der Waals surface area contributed by atoms with E-state index in [1.165, 1.54) is 0 Å². The Morgan fingerprint density at radius 1 is 1.11 bits per heavy atom. The van der Waals surface area contributed by atoms with E-state index in [1.807, 2.05) is 34.9 Å². The summed E-state index contributed by atoms with van der Waals surface area (Å²) in [6.07, 6.45) is 0.571. The lowest BCUT2D eigenvalue weighted by Gasteiger charge is -2.43. The van der Waals surface area contributed by atoms with Gasteiger partial charge in [-0.1, -0.05) is 6.07 Å². The van der Waals surface area contributed by atoms with E-state index in [2.05, 4.69) is 11.0 Å². The monoisotopic (exact) mass is 370 g/mol. The van der Waals surface area contributed by atoms with Gasteiger partial charge in [0.05, 0.1) is 7.11 Å². The molecular weight excluding hydrogens is 344 g/mol. The van der Waals surface area contributed by atoms with Crippen molar-refractivity contribution < 1.29 is 14.6 Å². The topological polar surface area (TPSA) is 63.9 Å². The Morgan fingerprint density at radius 2 is 1.89 bits per heavy atom. The highest BCUT2D eigenvalue weighted by Crippen LogP contribution is 2.34. The average molecular weight is 370 g/mol. The summed E-state index contributed by atoms with van der Waals surface area (Å²) in [5, 5.41) is 10.4. The third kappa shape index (κ3) is 4.01. The zero-order chi connectivity index (χ0) is 18.8. The second kappa shape index (κ2) is 7.74. The van der Waals surface area contributed by atoms with Crippen LogP contribution in [0.3, 0.4) is 0 Å². The summed E-state index contributed by atoms with van der Waals surface area (Å²) >= 11 is 0. The van der Waals surface area contributed by atoms with Crippen molar-refractivity contribution in [1.82, 2.24) is 9.47 Å². The van der Waals surface area contributed by atoms with Gasteiger partial charge in [0.15, 0.2) is 0 Å². The van der Waals surface area contributed by atoms with Gasteiger partial charge in [0.2, 0.25) is 0 Å². The molecule has 3 atom stereocenters. The molecule has 0 unspecified atom stereocenters. The van der Waals surface area contributed by atoms with Crippen molar-refractivity contribution in [2.75, 3.05) is 33.4 Å². The van der Waals surface area contributed by atoms with Crippen LogP contribution in [-0.2, 0) is 6.54 Å². The van der Waals surface area contributed by atoms with Gasteiger partial charge < -0.3 is 19.1 Å². The molecule has 0 spiro atoms. The lowest BCUT2D eigenvalue weighted by Crippen LogP contribution is -2.49. The van der Waals surface area contributed by atoms with Crippen molar-refractivity contribution in [3.05, 3.63) is 58.5 Å². The molecule has 6 heteroatoms. The zero-order valence-electron chi connectivity index (χ0n) is 15.6. The number of fused-ring (bicyclic) bond motifs is 4. The first kappa shape index (κ1) is 18.1. The Bertz CT molecular complexity index is 833. The molecule has 0 amide bonds. The predicted octanol–water partition coefficient (Wildman–Crippen LogP) is 1.72. The van der Waals surface area contributed by atoms with Crippen LogP contribution in [0.4, 0.5) is 0 Å². The maximum Gasteiger partial charge on any atom is 0.250 e. The van der Waals surface area contributed by atoms with Crippen LogP contribution in [0.25, 0.3) is 0 Å². The molecule has 0 aliphatic carbocycles. The smallest absolute Gasteiger partial charge is 0.250 e. The lowest BCUT2D eigenvalue weighted by atomic mass is 9.83. The summed E-state index contributed by atoms with van der Waals surface area (Å²) in [7, 11) is 1.63. The standard InChI is InChI=1S/C21H26N2O4/c1-26-18-5-7-19(8-6-18)27-14-17(24)13-22-10-15-9-16(12-22)20-3-2-4-21(25)23(20)11-15/h2-8,15-17,24H,9-14H2,1H3/t15-,16+,17-/m0/s1. The normalized spacial score (nSPS) is 22.7. The van der Waals surface area contributed by atoms with Gasteiger partial charge in [0, 0.05) is 43.9 Å². The molecule has 2 aliphatic heterocycles. The van der Waals surface area contributed by atoms with E-state index in [4.69, 9.17) is 9.47 Å². The Kier molecular flexibility index (Phi) is 5.18. The third-order valence-corrected chi connectivity index (χ3v) is 5.53. The fourth-order valence-corrected chi connectivity index (χ4v) is 4.36. The first-order chi connectivity index (χ1) is 13.1. The summed E-state index contributed by atoms with van der Waals surface area (Å²) in [6.45, 7) is 3.41. The Morgan fingerprint density at radius 3 is 2.67 bits per heavy atom. The molecule has 2 bridgehead atoms. The highest BCUT2D eigenvalue weighted by Gasteiger charge is 2.34. The van der Waals surface area contributed by atoms with Crippen molar-refractivity contribution >= 4 is 0 Å². The number of aliphatic hydroxyl groups is 1. The van der Waals surface area contributed by atoms with Gasteiger partial charge >= 0.3 is 0 Å². The molecule has 1 N–H and O–H groups in total. The molecule has 1 saturated heterocycles. The van der Waals surface area contributed by atoms with Crippen LogP contribution in [0.15, 0.2) is 47.3 Å². The quantitative estimate of drug-likeness (QED) is 0.839. The molecule has 1 fully saturated rings. The minimum absolute atomic E-state index is 0.101. The van der Waals surface area contributed by atoms with E-state index < -0.39 is 6.10 Å². The fraction of sp³-hybridized carbons (Fsp3) is 0.476. The van der Waals surface area contributed by atoms with E-state index in [9.17, 15) is 9.90 Å². The number of hydrogen-bond donors (Lipinski definition) is 1. The lowest BCUT2D eigenvalue weighted by molar-refractivity contribution is 0.0384. The number of likely N-dealkylation sites (tertiary alicyclic amines) is 1. The molecule has 4 rings (SSSR count). The highest BCUT2D eigenvalue weighted by molar-refractivity contribution is 5.31. The summed E-state index contributed by atoms with van der Waals surface area (Å²) in [5.74, 6) is 2.33. The van der Waals surface area contributed by atoms with Gasteiger partial charge in [-0.25, -0.2) is 0 Å². The molecular formula is C21H26N2O4. The number of β-amino-alcohol motifs (C(OH)–C–C–N with tert-alkyl or cyclic N) is 1. The minimum atomic E-state index is -0.552. The van der Waals surface area contributed by atoms with Gasteiger partial charge in [-0.2, -0.15) is 0 Å². The van der Waals surface area contributed by atoms with Crippen molar-refractivity contribution in [3.63, 3.8) is 0 Å². The van der Waals surface area contributed by atoms with E-state index in [0.29, 0.717) is 18.4 Å². The van der Waals surface area contributed by atoms with Crippen LogP contribution in [0, 0.1) is 5.92 Å². The van der Waals surface area contributed by atoms with E-state index >= 15 is 0 Å². The van der Waals surface area contributed by atoms with Crippen molar-refractivity contribution in [3.8, 4) is 11.5 Å². The number of aromatic nitrogens is 1. The molecule has 2 aromatic rings. The highest BCUT2D eigenvalue weighted by atomic mass is 16.5. The maximum absolute atomic E-state index is 12.1. The van der Waals surface area contributed by atoms with Crippen LogP contribution >= 0.6 is 0 Å². The molecule has 1 aromatic carbocycles. The molecule has 3 heterocycles. The van der Waals surface area contributed by atoms with Crippen LogP contribution in [0.2, 0.25) is 0 Å². The van der Waals surface area contributed by atoms with Crippen LogP contribution < -0.4 is 15.0 Å². The summed E-state index contributed by atoms with van der Waals surface area (Å²) < 4.78 is 12.8. The number of benzene rings is 1. The molecule has 27 heavy (non-hydrogen) atoms. The Hall–Kier alpha value is -2.31. The Balaban J connectivity index is 1.33. The third-order valence-electron chi connectivity index (χ3n) is 5.53. The first-order valence-electron chi connectivity index (χ1n) is 9.49. The molecule has 1 aromatic heterocycles. The zero-order valence-corrected chi connectivity index (χ0v) is 15.6. The van der Waals surface area contributed by atoms with E-state index in [-0.39, 0.29) is 12.2 Å². The summed E-state index contributed by atoms with van der Waals surface area (Å²) in [4.78, 5) is 14.4. The maximum atomic E-state index is 12.1. The van der Waals surface area contributed by atoms with Crippen molar-refractivity contribution in [2.45, 2.75) is 25.0 Å². The Labute approximate surface area is 158 Å². The largest absolute Gasteiger partial charge is 0.497 e. The molecule has 0 radical (unpaired) electrons. The number of pyridine rings is 1. The van der Waals surface area contributed by atoms with Gasteiger partial charge in [-0.05, 0) is 42.7 Å². The van der Waals surface area contributed by atoms with Gasteiger partial charge in [0.25, 0.3) is 5.56 Å². The van der Waals surface area contributed by atoms with E-state index in [0.717, 1.165) is 43.2 Å². The van der Waals surface area contributed by atoms with Crippen molar-refractivity contribution in [1.29, 1.82) is 0 Å². The molecule has 0 saturated carbocycles. The first-order valence-corrected chi connectivity index (χ1v) is 9.49. The number of hydrogen-bond acceptors (Lipinski definition) is 5. The minimum Gasteiger partial charge on any atom is -0.497 e. The molecule has 144 valence electrons. The number of piperidine rings is 1. The number of methoxy groups -OCH3 is 1. The number of rotatable bonds is 6. The second-order valence-electron chi connectivity index (χ2n) is 7.56.